The minimum Gasteiger partial charge on any atom is -0.384 e. The number of rotatable bonds is 5. The molecule has 0 aliphatic rings. The molecule has 3 N–H and O–H groups in total. The molecule has 0 fully saturated rings. The van der Waals surface area contributed by atoms with Crippen LogP contribution in [0, 0.1) is 12.3 Å². The fraction of sp³-hybridized carbons (Fsp3) is 0.235. The second-order valence-corrected chi connectivity index (χ2v) is 6.27. The van der Waals surface area contributed by atoms with Crippen LogP contribution in [0.15, 0.2) is 46.9 Å². The maximum atomic E-state index is 7.48. The molecule has 4 heteroatoms. The van der Waals surface area contributed by atoms with Crippen LogP contribution < -0.4 is 5.73 Å². The Labute approximate surface area is 134 Å². The van der Waals surface area contributed by atoms with Crippen LogP contribution in [0.25, 0.3) is 0 Å². The summed E-state index contributed by atoms with van der Waals surface area (Å²) in [6.45, 7) is 3.83. The van der Waals surface area contributed by atoms with E-state index in [0.717, 1.165) is 23.1 Å². The number of amidine groups is 1. The van der Waals surface area contributed by atoms with Crippen molar-refractivity contribution in [3.8, 4) is 0 Å². The fourth-order valence-electron chi connectivity index (χ4n) is 2.33. The first-order valence-electron chi connectivity index (χ1n) is 6.82. The van der Waals surface area contributed by atoms with Gasteiger partial charge in [-0.15, -0.1) is 0 Å². The van der Waals surface area contributed by atoms with E-state index in [0.29, 0.717) is 0 Å². The molecular weight excluding hydrogens is 326 g/mol. The van der Waals surface area contributed by atoms with E-state index >= 15 is 0 Å². The van der Waals surface area contributed by atoms with Gasteiger partial charge in [-0.25, -0.2) is 0 Å². The highest BCUT2D eigenvalue weighted by molar-refractivity contribution is 9.10. The maximum absolute atomic E-state index is 7.48. The highest BCUT2D eigenvalue weighted by Gasteiger charge is 2.06. The molecule has 0 bridgehead atoms. The smallest absolute Gasteiger partial charge is 0.122 e. The number of nitrogens with two attached hydrogens (primary N) is 1. The first-order chi connectivity index (χ1) is 9.95. The van der Waals surface area contributed by atoms with Crippen molar-refractivity contribution in [1.82, 2.24) is 4.90 Å². The van der Waals surface area contributed by atoms with E-state index in [1.807, 2.05) is 18.2 Å². The van der Waals surface area contributed by atoms with Gasteiger partial charge in [-0.05, 0) is 48.9 Å². The van der Waals surface area contributed by atoms with E-state index in [1.54, 1.807) is 0 Å². The Morgan fingerprint density at radius 3 is 2.57 bits per heavy atom. The van der Waals surface area contributed by atoms with Gasteiger partial charge >= 0.3 is 0 Å². The van der Waals surface area contributed by atoms with Gasteiger partial charge in [-0.3, -0.25) is 10.3 Å². The van der Waals surface area contributed by atoms with Crippen LogP contribution in [0.1, 0.15) is 22.3 Å². The average molecular weight is 346 g/mol. The van der Waals surface area contributed by atoms with Crippen LogP contribution in [0.4, 0.5) is 0 Å². The largest absolute Gasteiger partial charge is 0.384 e. The lowest BCUT2D eigenvalue weighted by molar-refractivity contribution is 0.318. The molecule has 0 heterocycles. The van der Waals surface area contributed by atoms with Gasteiger partial charge in [0.1, 0.15) is 5.84 Å². The summed E-state index contributed by atoms with van der Waals surface area (Å²) < 4.78 is 1.11. The van der Waals surface area contributed by atoms with Crippen molar-refractivity contribution < 1.29 is 0 Å². The zero-order valence-corrected chi connectivity index (χ0v) is 13.9. The molecule has 0 saturated heterocycles. The van der Waals surface area contributed by atoms with E-state index in [9.17, 15) is 0 Å². The summed E-state index contributed by atoms with van der Waals surface area (Å²) in [6, 6.07) is 14.3. The van der Waals surface area contributed by atoms with Gasteiger partial charge in [0.25, 0.3) is 0 Å². The molecule has 110 valence electrons. The molecule has 2 aromatic carbocycles. The standard InChI is InChI=1S/C17H20BrN3/c1-12-8-14(17(19)20)6-7-15(12)11-21(2)10-13-4-3-5-16(18)9-13/h3-9H,10-11H2,1-2H3,(H3,19,20). The van der Waals surface area contributed by atoms with Gasteiger partial charge in [0.15, 0.2) is 0 Å². The van der Waals surface area contributed by atoms with E-state index in [4.69, 9.17) is 11.1 Å². The Morgan fingerprint density at radius 2 is 1.95 bits per heavy atom. The molecule has 0 saturated carbocycles. The van der Waals surface area contributed by atoms with Crippen molar-refractivity contribution in [3.05, 3.63) is 69.2 Å². The molecule has 21 heavy (non-hydrogen) atoms. The third-order valence-corrected chi connectivity index (χ3v) is 3.93. The summed E-state index contributed by atoms with van der Waals surface area (Å²) in [5, 5.41) is 7.48. The number of halogens is 1. The van der Waals surface area contributed by atoms with Gasteiger partial charge in [-0.1, -0.05) is 40.2 Å². The Morgan fingerprint density at radius 1 is 1.19 bits per heavy atom. The molecule has 0 aliphatic heterocycles. The molecule has 2 rings (SSSR count). The summed E-state index contributed by atoms with van der Waals surface area (Å²) in [7, 11) is 2.11. The monoisotopic (exact) mass is 345 g/mol. The second-order valence-electron chi connectivity index (χ2n) is 5.36. The fourth-order valence-corrected chi connectivity index (χ4v) is 2.78. The van der Waals surface area contributed by atoms with Gasteiger partial charge in [0, 0.05) is 23.1 Å². The first-order valence-corrected chi connectivity index (χ1v) is 7.62. The molecule has 0 aromatic heterocycles. The Balaban J connectivity index is 2.06. The van der Waals surface area contributed by atoms with E-state index in [2.05, 4.69) is 59.1 Å². The van der Waals surface area contributed by atoms with Crippen LogP contribution >= 0.6 is 15.9 Å². The van der Waals surface area contributed by atoms with Crippen LogP contribution in [-0.2, 0) is 13.1 Å². The number of nitrogen functional groups attached to an aromatic ring is 1. The maximum Gasteiger partial charge on any atom is 0.122 e. The number of aryl methyl sites for hydroxylation is 1. The summed E-state index contributed by atoms with van der Waals surface area (Å²) in [6.07, 6.45) is 0. The van der Waals surface area contributed by atoms with Crippen molar-refractivity contribution >= 4 is 21.8 Å². The summed E-state index contributed by atoms with van der Waals surface area (Å²) in [5.74, 6) is 0.118. The van der Waals surface area contributed by atoms with Gasteiger partial charge in [-0.2, -0.15) is 0 Å². The molecule has 0 radical (unpaired) electrons. The Hall–Kier alpha value is -1.65. The lowest BCUT2D eigenvalue weighted by atomic mass is 10.0. The summed E-state index contributed by atoms with van der Waals surface area (Å²) in [4.78, 5) is 2.28. The van der Waals surface area contributed by atoms with Crippen LogP contribution in [0.5, 0.6) is 0 Å². The molecule has 0 amide bonds. The van der Waals surface area contributed by atoms with Gasteiger partial charge in [0.05, 0.1) is 0 Å². The SMILES string of the molecule is Cc1cc(C(=N)N)ccc1CN(C)Cc1cccc(Br)c1. The lowest BCUT2D eigenvalue weighted by Crippen LogP contribution is -2.18. The average Bonchev–Trinajstić information content (AvgIpc) is 2.40. The molecular formula is C17H20BrN3. The number of hydrogen-bond donors (Lipinski definition) is 2. The molecule has 0 aliphatic carbocycles. The quantitative estimate of drug-likeness (QED) is 0.641. The molecule has 0 spiro atoms. The lowest BCUT2D eigenvalue weighted by Gasteiger charge is -2.18. The zero-order chi connectivity index (χ0) is 15.4. The van der Waals surface area contributed by atoms with Crippen molar-refractivity contribution in [3.63, 3.8) is 0 Å². The summed E-state index contributed by atoms with van der Waals surface area (Å²) >= 11 is 3.50. The minimum absolute atomic E-state index is 0.118. The summed E-state index contributed by atoms with van der Waals surface area (Å²) in [5.41, 5.74) is 10.0. The Bertz CT molecular complexity index is 652. The van der Waals surface area contributed by atoms with Crippen molar-refractivity contribution in [1.29, 1.82) is 5.41 Å². The highest BCUT2D eigenvalue weighted by atomic mass is 79.9. The third kappa shape index (κ3) is 4.41. The van der Waals surface area contributed by atoms with E-state index in [-0.39, 0.29) is 5.84 Å². The van der Waals surface area contributed by atoms with Crippen LogP contribution in [-0.4, -0.2) is 17.8 Å². The molecule has 2 aromatic rings. The zero-order valence-electron chi connectivity index (χ0n) is 12.4. The van der Waals surface area contributed by atoms with Gasteiger partial charge in [0.2, 0.25) is 0 Å². The number of benzene rings is 2. The normalized spacial score (nSPS) is 10.9. The van der Waals surface area contributed by atoms with Crippen molar-refractivity contribution in [2.45, 2.75) is 20.0 Å². The first kappa shape index (κ1) is 15.7. The van der Waals surface area contributed by atoms with Gasteiger partial charge < -0.3 is 5.73 Å². The molecule has 0 unspecified atom stereocenters. The van der Waals surface area contributed by atoms with Crippen LogP contribution in [0.3, 0.4) is 0 Å². The predicted octanol–water partition coefficient (Wildman–Crippen LogP) is 3.67. The van der Waals surface area contributed by atoms with E-state index < -0.39 is 0 Å². The second kappa shape index (κ2) is 6.87. The van der Waals surface area contributed by atoms with Crippen molar-refractivity contribution in [2.24, 2.45) is 5.73 Å². The predicted molar refractivity (Wildman–Crippen MR) is 91.5 cm³/mol. The van der Waals surface area contributed by atoms with E-state index in [1.165, 1.54) is 16.7 Å². The molecule has 3 nitrogen and oxygen atoms in total. The van der Waals surface area contributed by atoms with Crippen molar-refractivity contribution in [2.75, 3.05) is 7.05 Å². The number of nitrogens with one attached hydrogen (secondary N) is 1. The molecule has 0 atom stereocenters. The third-order valence-electron chi connectivity index (χ3n) is 3.44. The number of hydrogen-bond acceptors (Lipinski definition) is 2. The minimum atomic E-state index is 0.118. The Kier molecular flexibility index (Phi) is 5.15. The van der Waals surface area contributed by atoms with Crippen LogP contribution in [0.2, 0.25) is 0 Å². The number of nitrogens with zero attached hydrogens (tertiary/aromatic N) is 1. The highest BCUT2D eigenvalue weighted by Crippen LogP contribution is 2.16. The topological polar surface area (TPSA) is 53.1 Å².